The molecule has 8 heteroatoms. The summed E-state index contributed by atoms with van der Waals surface area (Å²) in [5.74, 6) is 2.05. The van der Waals surface area contributed by atoms with E-state index in [1.54, 1.807) is 4.90 Å². The molecule has 0 radical (unpaired) electrons. The predicted molar refractivity (Wildman–Crippen MR) is 96.8 cm³/mol. The van der Waals surface area contributed by atoms with E-state index in [0.717, 1.165) is 24.6 Å². The molecule has 0 saturated carbocycles. The molecule has 2 aromatic rings. The van der Waals surface area contributed by atoms with Crippen LogP contribution in [0.4, 0.5) is 4.39 Å². The molecule has 4 rings (SSSR count). The van der Waals surface area contributed by atoms with Gasteiger partial charge in [-0.05, 0) is 50.7 Å². The first-order chi connectivity index (χ1) is 13.1. The van der Waals surface area contributed by atoms with Gasteiger partial charge in [0.15, 0.2) is 6.61 Å². The maximum absolute atomic E-state index is 12.9. The molecule has 0 spiro atoms. The third kappa shape index (κ3) is 3.80. The lowest BCUT2D eigenvalue weighted by molar-refractivity contribution is -0.133. The molecule has 0 N–H and O–H groups in total. The van der Waals surface area contributed by atoms with Crippen LogP contribution in [0.2, 0.25) is 0 Å². The topological polar surface area (TPSA) is 63.5 Å². The Morgan fingerprint density at radius 1 is 1.19 bits per heavy atom. The van der Waals surface area contributed by atoms with Crippen molar-refractivity contribution in [2.24, 2.45) is 0 Å². The highest BCUT2D eigenvalue weighted by atomic mass is 19.1. The van der Waals surface area contributed by atoms with Crippen LogP contribution in [0.15, 0.2) is 24.3 Å². The molecule has 2 aliphatic heterocycles. The van der Waals surface area contributed by atoms with Gasteiger partial charge in [-0.1, -0.05) is 0 Å². The highest BCUT2D eigenvalue weighted by Crippen LogP contribution is 2.30. The number of benzene rings is 1. The van der Waals surface area contributed by atoms with E-state index in [1.807, 2.05) is 0 Å². The van der Waals surface area contributed by atoms with Crippen molar-refractivity contribution in [3.8, 4) is 5.75 Å². The van der Waals surface area contributed by atoms with Gasteiger partial charge in [-0.3, -0.25) is 9.69 Å². The van der Waals surface area contributed by atoms with Crippen LogP contribution in [0.3, 0.4) is 0 Å². The summed E-state index contributed by atoms with van der Waals surface area (Å²) in [5, 5.41) is 8.81. The molecule has 144 valence electrons. The molecule has 0 aliphatic carbocycles. The van der Waals surface area contributed by atoms with Crippen molar-refractivity contribution in [2.45, 2.75) is 31.8 Å². The molecule has 1 atom stereocenters. The van der Waals surface area contributed by atoms with Crippen LogP contribution in [0.1, 0.15) is 30.5 Å². The number of ether oxygens (including phenoxy) is 1. The van der Waals surface area contributed by atoms with E-state index in [9.17, 15) is 9.18 Å². The molecule has 1 saturated heterocycles. The Kier molecular flexibility index (Phi) is 5.07. The molecule has 1 amide bonds. The van der Waals surface area contributed by atoms with Crippen LogP contribution in [0.5, 0.6) is 5.75 Å². The predicted octanol–water partition coefficient (Wildman–Crippen LogP) is 1.65. The molecule has 1 fully saturated rings. The number of carbonyl (C=O) groups excluding carboxylic acids is 1. The number of carbonyl (C=O) groups is 1. The van der Waals surface area contributed by atoms with Crippen LogP contribution in [0, 0.1) is 5.82 Å². The summed E-state index contributed by atoms with van der Waals surface area (Å²) in [7, 11) is 2.12. The largest absolute Gasteiger partial charge is 0.484 e. The van der Waals surface area contributed by atoms with Crippen molar-refractivity contribution in [1.82, 2.24) is 24.6 Å². The first kappa shape index (κ1) is 17.9. The van der Waals surface area contributed by atoms with Gasteiger partial charge in [0.05, 0.1) is 6.04 Å². The summed E-state index contributed by atoms with van der Waals surface area (Å²) in [6.45, 7) is 2.94. The Labute approximate surface area is 157 Å². The summed E-state index contributed by atoms with van der Waals surface area (Å²) >= 11 is 0. The lowest BCUT2D eigenvalue weighted by Crippen LogP contribution is -2.37. The van der Waals surface area contributed by atoms with Gasteiger partial charge in [0.1, 0.15) is 23.2 Å². The number of amides is 1. The lowest BCUT2D eigenvalue weighted by Gasteiger charge is -2.22. The van der Waals surface area contributed by atoms with E-state index in [-0.39, 0.29) is 18.3 Å². The maximum Gasteiger partial charge on any atom is 0.260 e. The van der Waals surface area contributed by atoms with Crippen molar-refractivity contribution < 1.29 is 13.9 Å². The zero-order chi connectivity index (χ0) is 18.8. The fourth-order valence-corrected chi connectivity index (χ4v) is 3.84. The van der Waals surface area contributed by atoms with Gasteiger partial charge in [-0.2, -0.15) is 0 Å². The Morgan fingerprint density at radius 3 is 2.74 bits per heavy atom. The number of likely N-dealkylation sites (tertiary alicyclic amines) is 1. The number of nitrogens with zero attached hydrogens (tertiary/aromatic N) is 5. The van der Waals surface area contributed by atoms with Gasteiger partial charge in [0.2, 0.25) is 0 Å². The second-order valence-corrected chi connectivity index (χ2v) is 7.14. The van der Waals surface area contributed by atoms with Crippen LogP contribution in [-0.4, -0.2) is 63.8 Å². The van der Waals surface area contributed by atoms with Crippen molar-refractivity contribution in [1.29, 1.82) is 0 Å². The number of fused-ring (bicyclic) bond motifs is 1. The zero-order valence-corrected chi connectivity index (χ0v) is 15.5. The first-order valence-electron chi connectivity index (χ1n) is 9.40. The van der Waals surface area contributed by atoms with Crippen molar-refractivity contribution in [3.05, 3.63) is 41.7 Å². The van der Waals surface area contributed by atoms with E-state index >= 15 is 0 Å². The Bertz CT molecular complexity index is 807. The molecule has 1 aromatic carbocycles. The molecule has 0 bridgehead atoms. The van der Waals surface area contributed by atoms with E-state index in [0.29, 0.717) is 37.8 Å². The average Bonchev–Trinajstić information content (AvgIpc) is 3.20. The van der Waals surface area contributed by atoms with Gasteiger partial charge >= 0.3 is 0 Å². The highest BCUT2D eigenvalue weighted by molar-refractivity contribution is 5.77. The van der Waals surface area contributed by atoms with Crippen LogP contribution in [0.25, 0.3) is 0 Å². The van der Waals surface area contributed by atoms with Gasteiger partial charge < -0.3 is 14.2 Å². The summed E-state index contributed by atoms with van der Waals surface area (Å²) in [6, 6.07) is 6.00. The second kappa shape index (κ2) is 7.64. The Hall–Kier alpha value is -2.48. The van der Waals surface area contributed by atoms with Crippen molar-refractivity contribution in [3.63, 3.8) is 0 Å². The SMILES string of the molecule is CN1CCCC1c1nnc2n1CCN(C(=O)COc1ccc(F)cc1)CC2. The van der Waals surface area contributed by atoms with Crippen LogP contribution < -0.4 is 4.74 Å². The third-order valence-electron chi connectivity index (χ3n) is 5.40. The van der Waals surface area contributed by atoms with E-state index in [1.165, 1.54) is 30.7 Å². The minimum absolute atomic E-state index is 0.0512. The van der Waals surface area contributed by atoms with Crippen molar-refractivity contribution >= 4 is 5.91 Å². The van der Waals surface area contributed by atoms with Crippen molar-refractivity contribution in [2.75, 3.05) is 33.3 Å². The standard InChI is InChI=1S/C19H24FN5O2/c1-23-9-2-3-16(23)19-22-21-17-8-10-24(11-12-25(17)19)18(26)13-27-15-6-4-14(20)5-7-15/h4-7,16H,2-3,8-13H2,1H3. The number of hydrogen-bond donors (Lipinski definition) is 0. The molecule has 1 aromatic heterocycles. The maximum atomic E-state index is 12.9. The molecule has 27 heavy (non-hydrogen) atoms. The van der Waals surface area contributed by atoms with Gasteiger partial charge in [0.25, 0.3) is 5.91 Å². The minimum Gasteiger partial charge on any atom is -0.484 e. The summed E-state index contributed by atoms with van der Waals surface area (Å²) < 4.78 is 20.6. The third-order valence-corrected chi connectivity index (χ3v) is 5.40. The van der Waals surface area contributed by atoms with Gasteiger partial charge in [-0.15, -0.1) is 10.2 Å². The average molecular weight is 373 g/mol. The molecule has 7 nitrogen and oxygen atoms in total. The Morgan fingerprint density at radius 2 is 2.00 bits per heavy atom. The molecular formula is C19H24FN5O2. The van der Waals surface area contributed by atoms with E-state index in [2.05, 4.69) is 26.7 Å². The van der Waals surface area contributed by atoms with Gasteiger partial charge in [-0.25, -0.2) is 4.39 Å². The van der Waals surface area contributed by atoms with E-state index < -0.39 is 0 Å². The number of rotatable bonds is 4. The summed E-state index contributed by atoms with van der Waals surface area (Å²) in [6.07, 6.45) is 2.96. The highest BCUT2D eigenvalue weighted by Gasteiger charge is 2.30. The fourth-order valence-electron chi connectivity index (χ4n) is 3.84. The smallest absolute Gasteiger partial charge is 0.260 e. The van der Waals surface area contributed by atoms with Crippen LogP contribution in [-0.2, 0) is 17.8 Å². The van der Waals surface area contributed by atoms with Gasteiger partial charge in [0, 0.05) is 26.1 Å². The number of halogens is 1. The number of aromatic nitrogens is 3. The molecule has 1 unspecified atom stereocenters. The lowest BCUT2D eigenvalue weighted by atomic mass is 10.2. The number of hydrogen-bond acceptors (Lipinski definition) is 5. The molecular weight excluding hydrogens is 349 g/mol. The normalized spacial score (nSPS) is 20.4. The molecule has 3 heterocycles. The quantitative estimate of drug-likeness (QED) is 0.815. The monoisotopic (exact) mass is 373 g/mol. The molecule has 2 aliphatic rings. The zero-order valence-electron chi connectivity index (χ0n) is 15.5. The Balaban J connectivity index is 1.37. The van der Waals surface area contributed by atoms with Crippen LogP contribution >= 0.6 is 0 Å². The second-order valence-electron chi connectivity index (χ2n) is 7.14. The summed E-state index contributed by atoms with van der Waals surface area (Å²) in [5.41, 5.74) is 0. The summed E-state index contributed by atoms with van der Waals surface area (Å²) in [4.78, 5) is 16.7. The first-order valence-corrected chi connectivity index (χ1v) is 9.40. The fraction of sp³-hybridized carbons (Fsp3) is 0.526. The van der Waals surface area contributed by atoms with E-state index in [4.69, 9.17) is 4.74 Å². The minimum atomic E-state index is -0.326.